The molecule has 0 aromatic carbocycles. The third-order valence-electron chi connectivity index (χ3n) is 13.2. The highest BCUT2D eigenvalue weighted by Crippen LogP contribution is 2.72. The van der Waals surface area contributed by atoms with E-state index in [0.29, 0.717) is 0 Å². The van der Waals surface area contributed by atoms with E-state index in [4.69, 9.17) is 33.2 Å². The van der Waals surface area contributed by atoms with Gasteiger partial charge in [-0.05, 0) is 37.7 Å². The summed E-state index contributed by atoms with van der Waals surface area (Å²) in [4.78, 5) is 66.9. The summed E-state index contributed by atoms with van der Waals surface area (Å²) >= 11 is 0. The van der Waals surface area contributed by atoms with Crippen molar-refractivity contribution in [1.29, 1.82) is 0 Å². The zero-order valence-electron chi connectivity index (χ0n) is 31.1. The summed E-state index contributed by atoms with van der Waals surface area (Å²) in [5, 5.41) is 65.1. The van der Waals surface area contributed by atoms with E-state index in [2.05, 4.69) is 0 Å². The summed E-state index contributed by atoms with van der Waals surface area (Å²) in [7, 11) is 1.03. The molecule has 18 nitrogen and oxygen atoms in total. The van der Waals surface area contributed by atoms with Crippen molar-refractivity contribution in [2.45, 2.75) is 121 Å². The highest BCUT2D eigenvalue weighted by atomic mass is 16.7. The fourth-order valence-electron chi connectivity index (χ4n) is 10.3. The minimum Gasteiger partial charge on any atom is -0.467 e. The molecule has 3 heterocycles. The zero-order chi connectivity index (χ0) is 40.0. The second-order valence-corrected chi connectivity index (χ2v) is 16.4. The maximum Gasteiger partial charge on any atom is 0.348 e. The maximum atomic E-state index is 13.9. The van der Waals surface area contributed by atoms with Crippen LogP contribution in [0, 0.1) is 40.4 Å². The Morgan fingerprint density at radius 2 is 1.70 bits per heavy atom. The molecule has 3 aliphatic carbocycles. The third-order valence-corrected chi connectivity index (χ3v) is 13.2. The van der Waals surface area contributed by atoms with Crippen molar-refractivity contribution < 1.29 is 87.8 Å². The highest BCUT2D eigenvalue weighted by Gasteiger charge is 2.85. The van der Waals surface area contributed by atoms with Crippen LogP contribution in [-0.4, -0.2) is 147 Å². The number of rotatable bonds is 9. The molecule has 54 heavy (non-hydrogen) atoms. The Hall–Kier alpha value is -3.23. The first kappa shape index (κ1) is 40.4. The first-order valence-corrected chi connectivity index (χ1v) is 18.1. The van der Waals surface area contributed by atoms with Crippen molar-refractivity contribution in [2.24, 2.45) is 40.4 Å². The number of aliphatic hydroxyl groups is 6. The summed E-state index contributed by atoms with van der Waals surface area (Å²) < 4.78 is 39.9. The number of ether oxygens (including phenoxy) is 7. The minimum absolute atomic E-state index is 0.00365. The molecule has 6 rings (SSSR count). The topological polar surface area (TPSA) is 271 Å². The molecular formula is C36H50O18. The van der Waals surface area contributed by atoms with Crippen molar-refractivity contribution in [2.75, 3.05) is 20.3 Å². The Balaban J connectivity index is 1.42. The van der Waals surface area contributed by atoms with Gasteiger partial charge < -0.3 is 63.8 Å². The summed E-state index contributed by atoms with van der Waals surface area (Å²) in [6.07, 6.45) is -14.1. The van der Waals surface area contributed by atoms with Gasteiger partial charge in [-0.25, -0.2) is 9.59 Å². The van der Waals surface area contributed by atoms with Crippen LogP contribution in [0.5, 0.6) is 0 Å². The molecule has 1 unspecified atom stereocenters. The molecule has 6 aliphatic rings. The number of Topliss-reactive ketones (excluding diaryl/α,β-unsaturated/α-hetero) is 1. The van der Waals surface area contributed by atoms with Gasteiger partial charge in [-0.15, -0.1) is 0 Å². The summed E-state index contributed by atoms with van der Waals surface area (Å²) in [6.45, 7) is 8.23. The van der Waals surface area contributed by atoms with E-state index in [0.717, 1.165) is 7.11 Å². The second-order valence-electron chi connectivity index (χ2n) is 16.4. The lowest BCUT2D eigenvalue weighted by molar-refractivity contribution is -0.296. The molecular weight excluding hydrogens is 720 g/mol. The van der Waals surface area contributed by atoms with E-state index in [-0.39, 0.29) is 25.2 Å². The molecule has 0 aromatic rings. The Morgan fingerprint density at radius 1 is 1.04 bits per heavy atom. The van der Waals surface area contributed by atoms with E-state index >= 15 is 0 Å². The lowest BCUT2D eigenvalue weighted by Crippen LogP contribution is -2.79. The number of carbonyl (C=O) groups excluding carboxylic acids is 5. The number of methoxy groups -OCH3 is 1. The monoisotopic (exact) mass is 770 g/mol. The normalized spacial score (nSPS) is 45.9. The number of carbonyl (C=O) groups is 5. The van der Waals surface area contributed by atoms with Crippen LogP contribution in [0.4, 0.5) is 0 Å². The van der Waals surface area contributed by atoms with Crippen molar-refractivity contribution in [3.05, 3.63) is 11.8 Å². The zero-order valence-corrected chi connectivity index (χ0v) is 31.1. The number of fused-ring (bicyclic) bond motifs is 2. The van der Waals surface area contributed by atoms with Gasteiger partial charge in [0.15, 0.2) is 11.5 Å². The van der Waals surface area contributed by atoms with Crippen LogP contribution >= 0.6 is 0 Å². The van der Waals surface area contributed by atoms with E-state index in [1.54, 1.807) is 34.6 Å². The highest BCUT2D eigenvalue weighted by molar-refractivity contribution is 5.97. The van der Waals surface area contributed by atoms with Gasteiger partial charge in [0.1, 0.15) is 42.2 Å². The molecule has 5 fully saturated rings. The third kappa shape index (κ3) is 5.70. The van der Waals surface area contributed by atoms with Crippen LogP contribution in [-0.2, 0) is 57.1 Å². The van der Waals surface area contributed by atoms with Crippen LogP contribution in [0.2, 0.25) is 0 Å². The van der Waals surface area contributed by atoms with Gasteiger partial charge in [0.05, 0.1) is 38.8 Å². The van der Waals surface area contributed by atoms with Gasteiger partial charge in [-0.3, -0.25) is 14.4 Å². The molecule has 0 radical (unpaired) electrons. The first-order chi connectivity index (χ1) is 25.1. The lowest BCUT2D eigenvalue weighted by atomic mass is 9.38. The average molecular weight is 771 g/mol. The SMILES string of the molecule is COC(=O)[C@@]12OC[C@]34[C@H]([C@@H](O)[C@@H]1O)[C@@]1(C)C=C(O[C@@H]5O[C@H](CO)[C@@H](O)[C@H](O)[C@H]5O)C(=O)[C@@H](C)[C@@H]1C[C@H]3OC(=O)[C@H](OC(=O)CC(C)C(C)(C)OC(C)=O)[C@@H]24. The summed E-state index contributed by atoms with van der Waals surface area (Å²) in [6, 6.07) is 0. The number of allylic oxidation sites excluding steroid dienone is 2. The van der Waals surface area contributed by atoms with Crippen LogP contribution in [0.3, 0.4) is 0 Å². The second kappa shape index (κ2) is 13.8. The lowest BCUT2D eigenvalue weighted by Gasteiger charge is -2.67. The van der Waals surface area contributed by atoms with Crippen LogP contribution in [0.1, 0.15) is 54.4 Å². The first-order valence-electron chi connectivity index (χ1n) is 18.1. The molecule has 0 aromatic heterocycles. The van der Waals surface area contributed by atoms with E-state index < -0.39 is 143 Å². The minimum atomic E-state index is -2.41. The predicted octanol–water partition coefficient (Wildman–Crippen LogP) is -1.97. The number of hydrogen-bond acceptors (Lipinski definition) is 18. The standard InChI is InChI=1S/C36H50O18/c1-13(33(4,5)54-15(3)38)8-20(39)53-26-28-35-12-49-36(28,32(47)48-7)29(45)25(44)27(35)34(6)10-17(21(40)14(2)16(34)9-19(35)52-30(26)46)50-31-24(43)23(42)22(41)18(11-37)51-31/h10,13-14,16,18-19,22-29,31,37,41-45H,8-9,11-12H2,1-7H3/t13?,14-,16-,18+,19+,22+,23-,24+,25+,26+,27+,28+,29-,31+,34-,35+,36-/m0/s1. The molecule has 17 atom stereocenters. The molecule has 6 N–H and O–H groups in total. The van der Waals surface area contributed by atoms with Crippen molar-refractivity contribution in [1.82, 2.24) is 0 Å². The molecule has 302 valence electrons. The van der Waals surface area contributed by atoms with Crippen molar-refractivity contribution in [3.8, 4) is 0 Å². The molecule has 0 amide bonds. The maximum absolute atomic E-state index is 13.9. The van der Waals surface area contributed by atoms with Gasteiger partial charge in [0.25, 0.3) is 0 Å². The molecule has 1 spiro atoms. The van der Waals surface area contributed by atoms with E-state index in [1.165, 1.54) is 13.0 Å². The Labute approximate surface area is 310 Å². The summed E-state index contributed by atoms with van der Waals surface area (Å²) in [5.74, 6) is -9.41. The Kier molecular flexibility index (Phi) is 10.3. The number of ketones is 1. The van der Waals surface area contributed by atoms with Gasteiger partial charge in [0, 0.05) is 30.1 Å². The molecule has 2 saturated carbocycles. The summed E-state index contributed by atoms with van der Waals surface area (Å²) in [5.41, 5.74) is -6.39. The number of aliphatic hydroxyl groups excluding tert-OH is 6. The number of hydrogen-bond donors (Lipinski definition) is 6. The molecule has 3 saturated heterocycles. The van der Waals surface area contributed by atoms with E-state index in [9.17, 15) is 54.6 Å². The molecule has 3 aliphatic heterocycles. The van der Waals surface area contributed by atoms with Gasteiger partial charge in [0.2, 0.25) is 18.0 Å². The Bertz CT molecular complexity index is 1590. The van der Waals surface area contributed by atoms with Gasteiger partial charge in [-0.2, -0.15) is 0 Å². The Morgan fingerprint density at radius 3 is 2.31 bits per heavy atom. The fraction of sp³-hybridized carbons (Fsp3) is 0.806. The molecule has 18 heteroatoms. The fourth-order valence-corrected chi connectivity index (χ4v) is 10.3. The van der Waals surface area contributed by atoms with Crippen LogP contribution in [0.15, 0.2) is 11.8 Å². The van der Waals surface area contributed by atoms with Gasteiger partial charge >= 0.3 is 23.9 Å². The number of esters is 4. The average Bonchev–Trinajstić information content (AvgIpc) is 3.41. The smallest absolute Gasteiger partial charge is 0.348 e. The quantitative estimate of drug-likeness (QED) is 0.110. The molecule has 2 bridgehead atoms. The predicted molar refractivity (Wildman–Crippen MR) is 175 cm³/mol. The van der Waals surface area contributed by atoms with Crippen LogP contribution in [0.25, 0.3) is 0 Å². The van der Waals surface area contributed by atoms with Gasteiger partial charge in [-0.1, -0.05) is 20.8 Å². The largest absolute Gasteiger partial charge is 0.467 e. The van der Waals surface area contributed by atoms with Crippen LogP contribution < -0.4 is 0 Å². The van der Waals surface area contributed by atoms with Crippen molar-refractivity contribution >= 4 is 29.7 Å². The van der Waals surface area contributed by atoms with Crippen molar-refractivity contribution in [3.63, 3.8) is 0 Å². The van der Waals surface area contributed by atoms with E-state index in [1.807, 2.05) is 0 Å².